The summed E-state index contributed by atoms with van der Waals surface area (Å²) in [6.45, 7) is 6.79. The lowest BCUT2D eigenvalue weighted by atomic mass is 10.0. The number of aryl methyl sites for hydroxylation is 1. The van der Waals surface area contributed by atoms with Gasteiger partial charge in [-0.05, 0) is 43.9 Å². The molecular weight excluding hydrogens is 236 g/mol. The number of halogens is 1. The number of nitrogens with zero attached hydrogens (tertiary/aromatic N) is 1. The van der Waals surface area contributed by atoms with E-state index in [0.717, 1.165) is 31.9 Å². The molecule has 2 heterocycles. The summed E-state index contributed by atoms with van der Waals surface area (Å²) in [4.78, 5) is 4.16. The Balaban J connectivity index is 1.88. The molecule has 4 heteroatoms. The molecule has 1 aromatic rings. The fourth-order valence-electron chi connectivity index (χ4n) is 2.19. The van der Waals surface area contributed by atoms with E-state index >= 15 is 0 Å². The second-order valence-corrected chi connectivity index (χ2v) is 5.12. The third kappa shape index (κ3) is 3.66. The third-order valence-electron chi connectivity index (χ3n) is 3.28. The van der Waals surface area contributed by atoms with E-state index in [1.54, 1.807) is 0 Å². The van der Waals surface area contributed by atoms with Crippen molar-refractivity contribution in [2.45, 2.75) is 32.9 Å². The molecule has 0 radical (unpaired) electrons. The largest absolute Gasteiger partial charge is 0.381 e. The molecule has 0 spiro atoms. The van der Waals surface area contributed by atoms with Crippen LogP contribution in [0, 0.1) is 12.8 Å². The predicted octanol–water partition coefficient (Wildman–Crippen LogP) is 2.56. The van der Waals surface area contributed by atoms with E-state index in [4.69, 9.17) is 16.3 Å². The minimum Gasteiger partial charge on any atom is -0.381 e. The first-order chi connectivity index (χ1) is 8.15. The Morgan fingerprint density at radius 3 is 3.06 bits per heavy atom. The van der Waals surface area contributed by atoms with Crippen LogP contribution in [0.25, 0.3) is 0 Å². The Morgan fingerprint density at radius 1 is 1.59 bits per heavy atom. The van der Waals surface area contributed by atoms with Crippen LogP contribution in [0.3, 0.4) is 0 Å². The molecule has 1 aliphatic heterocycles. The molecule has 1 N–H and O–H groups in total. The number of pyridine rings is 1. The van der Waals surface area contributed by atoms with Gasteiger partial charge >= 0.3 is 0 Å². The summed E-state index contributed by atoms with van der Waals surface area (Å²) in [5, 5.41) is 4.10. The summed E-state index contributed by atoms with van der Waals surface area (Å²) in [6, 6.07) is 4.46. The molecule has 0 aromatic carbocycles. The summed E-state index contributed by atoms with van der Waals surface area (Å²) in [5.41, 5.74) is 2.15. The van der Waals surface area contributed by atoms with E-state index < -0.39 is 0 Å². The van der Waals surface area contributed by atoms with Gasteiger partial charge in [0.1, 0.15) is 5.15 Å². The standard InChI is InChI=1S/C13H19ClN2O/c1-9-5-11(6-13(14)16-9)7-15-10(2)12-3-4-17-8-12/h5-6,10,12,15H,3-4,7-8H2,1-2H3/t10-,12-/m1/s1. The third-order valence-corrected chi connectivity index (χ3v) is 3.48. The van der Waals surface area contributed by atoms with Gasteiger partial charge in [-0.25, -0.2) is 4.98 Å². The normalized spacial score (nSPS) is 21.7. The summed E-state index contributed by atoms with van der Waals surface area (Å²) < 4.78 is 5.40. The average molecular weight is 255 g/mol. The number of hydrogen-bond donors (Lipinski definition) is 1. The molecule has 1 saturated heterocycles. The zero-order chi connectivity index (χ0) is 12.3. The van der Waals surface area contributed by atoms with Crippen molar-refractivity contribution in [2.24, 2.45) is 5.92 Å². The second-order valence-electron chi connectivity index (χ2n) is 4.73. The van der Waals surface area contributed by atoms with Gasteiger partial charge in [-0.2, -0.15) is 0 Å². The number of ether oxygens (including phenoxy) is 1. The van der Waals surface area contributed by atoms with Crippen LogP contribution in [-0.2, 0) is 11.3 Å². The minimum absolute atomic E-state index is 0.477. The van der Waals surface area contributed by atoms with Gasteiger partial charge in [0.05, 0.1) is 6.61 Å². The van der Waals surface area contributed by atoms with Gasteiger partial charge in [0.2, 0.25) is 0 Å². The zero-order valence-corrected chi connectivity index (χ0v) is 11.1. The summed E-state index contributed by atoms with van der Waals surface area (Å²) in [6.07, 6.45) is 1.16. The number of nitrogens with one attached hydrogen (secondary N) is 1. The van der Waals surface area contributed by atoms with Gasteiger partial charge in [-0.3, -0.25) is 0 Å². The Labute approximate surface area is 108 Å². The van der Waals surface area contributed by atoms with E-state index in [9.17, 15) is 0 Å². The predicted molar refractivity (Wildman–Crippen MR) is 69.2 cm³/mol. The second kappa shape index (κ2) is 5.80. The van der Waals surface area contributed by atoms with Crippen LogP contribution in [0.2, 0.25) is 5.15 Å². The first-order valence-corrected chi connectivity index (χ1v) is 6.47. The van der Waals surface area contributed by atoms with E-state index in [1.807, 2.05) is 13.0 Å². The Hall–Kier alpha value is -0.640. The van der Waals surface area contributed by atoms with Crippen molar-refractivity contribution < 1.29 is 4.74 Å². The van der Waals surface area contributed by atoms with Gasteiger partial charge in [-0.15, -0.1) is 0 Å². The molecule has 1 aromatic heterocycles. The van der Waals surface area contributed by atoms with Crippen LogP contribution >= 0.6 is 11.6 Å². The van der Waals surface area contributed by atoms with Crippen molar-refractivity contribution in [3.63, 3.8) is 0 Å². The smallest absolute Gasteiger partial charge is 0.129 e. The number of aromatic nitrogens is 1. The highest BCUT2D eigenvalue weighted by molar-refractivity contribution is 6.29. The molecule has 0 bridgehead atoms. The van der Waals surface area contributed by atoms with Crippen molar-refractivity contribution in [1.82, 2.24) is 10.3 Å². The van der Waals surface area contributed by atoms with Crippen molar-refractivity contribution in [1.29, 1.82) is 0 Å². The van der Waals surface area contributed by atoms with Crippen LogP contribution in [0.15, 0.2) is 12.1 Å². The molecule has 17 heavy (non-hydrogen) atoms. The number of hydrogen-bond acceptors (Lipinski definition) is 3. The minimum atomic E-state index is 0.477. The van der Waals surface area contributed by atoms with Gasteiger partial charge < -0.3 is 10.1 Å². The lowest BCUT2D eigenvalue weighted by Crippen LogP contribution is -2.33. The summed E-state index contributed by atoms with van der Waals surface area (Å²) in [5.74, 6) is 0.633. The van der Waals surface area contributed by atoms with Gasteiger partial charge in [0, 0.05) is 24.9 Å². The van der Waals surface area contributed by atoms with Gasteiger partial charge in [0.25, 0.3) is 0 Å². The molecule has 94 valence electrons. The molecule has 2 rings (SSSR count). The van der Waals surface area contributed by atoms with Crippen LogP contribution in [0.5, 0.6) is 0 Å². The molecule has 0 saturated carbocycles. The molecule has 1 aliphatic rings. The fraction of sp³-hybridized carbons (Fsp3) is 0.615. The summed E-state index contributed by atoms with van der Waals surface area (Å²) in [7, 11) is 0. The fourth-order valence-corrected chi connectivity index (χ4v) is 2.46. The van der Waals surface area contributed by atoms with Crippen LogP contribution in [0.1, 0.15) is 24.6 Å². The lowest BCUT2D eigenvalue weighted by molar-refractivity contribution is 0.178. The van der Waals surface area contributed by atoms with Crippen molar-refractivity contribution in [2.75, 3.05) is 13.2 Å². The Morgan fingerprint density at radius 2 is 2.41 bits per heavy atom. The Kier molecular flexibility index (Phi) is 4.37. The van der Waals surface area contributed by atoms with Crippen LogP contribution in [0.4, 0.5) is 0 Å². The molecule has 0 aliphatic carbocycles. The lowest BCUT2D eigenvalue weighted by Gasteiger charge is -2.19. The van der Waals surface area contributed by atoms with Crippen LogP contribution in [-0.4, -0.2) is 24.2 Å². The van der Waals surface area contributed by atoms with E-state index in [-0.39, 0.29) is 0 Å². The van der Waals surface area contributed by atoms with Gasteiger partial charge in [0.15, 0.2) is 0 Å². The van der Waals surface area contributed by atoms with E-state index in [1.165, 1.54) is 5.56 Å². The SMILES string of the molecule is Cc1cc(CN[C@H](C)[C@@H]2CCOC2)cc(Cl)n1. The topological polar surface area (TPSA) is 34.1 Å². The highest BCUT2D eigenvalue weighted by Gasteiger charge is 2.21. The molecule has 0 amide bonds. The molecule has 1 fully saturated rings. The first kappa shape index (κ1) is 12.8. The maximum Gasteiger partial charge on any atom is 0.129 e. The summed E-state index contributed by atoms with van der Waals surface area (Å²) >= 11 is 5.93. The van der Waals surface area contributed by atoms with Crippen LogP contribution < -0.4 is 5.32 Å². The van der Waals surface area contributed by atoms with Crippen molar-refractivity contribution >= 4 is 11.6 Å². The molecule has 2 atom stereocenters. The molecule has 0 unspecified atom stereocenters. The maximum atomic E-state index is 5.93. The maximum absolute atomic E-state index is 5.93. The van der Waals surface area contributed by atoms with Gasteiger partial charge in [-0.1, -0.05) is 11.6 Å². The highest BCUT2D eigenvalue weighted by Crippen LogP contribution is 2.17. The van der Waals surface area contributed by atoms with E-state index in [2.05, 4.69) is 23.3 Å². The van der Waals surface area contributed by atoms with Crippen molar-refractivity contribution in [3.8, 4) is 0 Å². The van der Waals surface area contributed by atoms with Crippen molar-refractivity contribution in [3.05, 3.63) is 28.5 Å². The average Bonchev–Trinajstić information content (AvgIpc) is 2.78. The van der Waals surface area contributed by atoms with E-state index in [0.29, 0.717) is 17.1 Å². The molecule has 3 nitrogen and oxygen atoms in total. The number of rotatable bonds is 4. The first-order valence-electron chi connectivity index (χ1n) is 6.09. The monoisotopic (exact) mass is 254 g/mol. The Bertz CT molecular complexity index is 357. The molecular formula is C13H19ClN2O. The zero-order valence-electron chi connectivity index (χ0n) is 10.4. The highest BCUT2D eigenvalue weighted by atomic mass is 35.5. The quantitative estimate of drug-likeness (QED) is 0.839.